The smallest absolute Gasteiger partial charge is 0.310 e. The fourth-order valence-corrected chi connectivity index (χ4v) is 2.41. The monoisotopic (exact) mass is 305 g/mol. The molecule has 0 radical (unpaired) electrons. The first-order valence-corrected chi connectivity index (χ1v) is 7.03. The first-order chi connectivity index (χ1) is 10.5. The number of nitro groups is 1. The van der Waals surface area contributed by atoms with Crippen LogP contribution in [0, 0.1) is 16.0 Å². The normalized spacial score (nSPS) is 17.7. The van der Waals surface area contributed by atoms with Crippen LogP contribution in [-0.4, -0.2) is 41.0 Å². The summed E-state index contributed by atoms with van der Waals surface area (Å²) >= 11 is 0. The van der Waals surface area contributed by atoms with E-state index in [2.05, 4.69) is 5.32 Å². The molecule has 1 heterocycles. The molecule has 22 heavy (non-hydrogen) atoms. The number of nitrogens with one attached hydrogen (secondary N) is 1. The molecule has 1 aromatic carbocycles. The minimum Gasteiger partial charge on any atom is -0.481 e. The Hall–Kier alpha value is -2.64. The highest BCUT2D eigenvalue weighted by Gasteiger charge is 2.36. The zero-order valence-corrected chi connectivity index (χ0v) is 11.7. The van der Waals surface area contributed by atoms with Gasteiger partial charge < -0.3 is 15.3 Å². The third kappa shape index (κ3) is 2.72. The average Bonchev–Trinajstić information content (AvgIpc) is 3.20. The van der Waals surface area contributed by atoms with Gasteiger partial charge in [0.2, 0.25) is 0 Å². The zero-order chi connectivity index (χ0) is 15.9. The highest BCUT2D eigenvalue weighted by Crippen LogP contribution is 2.34. The van der Waals surface area contributed by atoms with Crippen molar-refractivity contribution in [1.29, 1.82) is 0 Å². The van der Waals surface area contributed by atoms with Crippen molar-refractivity contribution in [1.82, 2.24) is 5.32 Å². The number of nitro benzene ring substituents is 1. The lowest BCUT2D eigenvalue weighted by Crippen LogP contribution is -2.50. The van der Waals surface area contributed by atoms with Gasteiger partial charge in [-0.3, -0.25) is 19.7 Å². The van der Waals surface area contributed by atoms with Gasteiger partial charge in [0.25, 0.3) is 11.6 Å². The molecule has 0 spiro atoms. The topological polar surface area (TPSA) is 113 Å². The summed E-state index contributed by atoms with van der Waals surface area (Å²) in [7, 11) is 0. The number of anilines is 1. The average molecular weight is 305 g/mol. The van der Waals surface area contributed by atoms with Crippen molar-refractivity contribution in [2.75, 3.05) is 18.0 Å². The van der Waals surface area contributed by atoms with Crippen LogP contribution in [0.4, 0.5) is 11.4 Å². The van der Waals surface area contributed by atoms with Crippen LogP contribution in [0.1, 0.15) is 23.2 Å². The molecule has 1 saturated heterocycles. The number of rotatable bonds is 5. The van der Waals surface area contributed by atoms with E-state index in [0.717, 1.165) is 12.8 Å². The molecule has 1 aliphatic heterocycles. The van der Waals surface area contributed by atoms with Gasteiger partial charge in [-0.2, -0.15) is 0 Å². The Morgan fingerprint density at radius 2 is 2.00 bits per heavy atom. The van der Waals surface area contributed by atoms with Crippen LogP contribution in [0.15, 0.2) is 18.2 Å². The van der Waals surface area contributed by atoms with E-state index in [-0.39, 0.29) is 36.3 Å². The summed E-state index contributed by atoms with van der Waals surface area (Å²) in [5.74, 6) is -1.72. The van der Waals surface area contributed by atoms with Crippen molar-refractivity contribution in [3.05, 3.63) is 33.9 Å². The van der Waals surface area contributed by atoms with Gasteiger partial charge in [0, 0.05) is 30.8 Å². The minimum atomic E-state index is -0.903. The van der Waals surface area contributed by atoms with Crippen LogP contribution in [-0.2, 0) is 4.79 Å². The van der Waals surface area contributed by atoms with E-state index >= 15 is 0 Å². The molecule has 8 nitrogen and oxygen atoms in total. The first-order valence-electron chi connectivity index (χ1n) is 7.03. The molecular formula is C14H15N3O5. The largest absolute Gasteiger partial charge is 0.481 e. The SMILES string of the molecule is O=C(NC1CC1)c1ccc(N2CC(C(=O)O)C2)c([N+](=O)[O-])c1. The highest BCUT2D eigenvalue weighted by molar-refractivity contribution is 5.96. The summed E-state index contributed by atoms with van der Waals surface area (Å²) < 4.78 is 0. The lowest BCUT2D eigenvalue weighted by molar-refractivity contribution is -0.384. The Labute approximate surface area is 125 Å². The number of hydrogen-bond donors (Lipinski definition) is 2. The Bertz CT molecular complexity index is 650. The number of carbonyl (C=O) groups excluding carboxylic acids is 1. The summed E-state index contributed by atoms with van der Waals surface area (Å²) in [4.78, 5) is 35.1. The minimum absolute atomic E-state index is 0.174. The van der Waals surface area contributed by atoms with Crippen molar-refractivity contribution in [3.63, 3.8) is 0 Å². The fourth-order valence-electron chi connectivity index (χ4n) is 2.41. The number of carboxylic acid groups (broad SMARTS) is 1. The molecule has 0 aromatic heterocycles. The molecule has 0 unspecified atom stereocenters. The summed E-state index contributed by atoms with van der Waals surface area (Å²) in [6, 6.07) is 4.48. The van der Waals surface area contributed by atoms with E-state index in [1.54, 1.807) is 4.90 Å². The van der Waals surface area contributed by atoms with Crippen molar-refractivity contribution >= 4 is 23.3 Å². The van der Waals surface area contributed by atoms with Gasteiger partial charge in [0.05, 0.1) is 10.8 Å². The van der Waals surface area contributed by atoms with E-state index in [9.17, 15) is 19.7 Å². The summed E-state index contributed by atoms with van der Waals surface area (Å²) in [6.45, 7) is 0.480. The van der Waals surface area contributed by atoms with Crippen LogP contribution in [0.2, 0.25) is 0 Å². The zero-order valence-electron chi connectivity index (χ0n) is 11.7. The molecule has 8 heteroatoms. The molecule has 2 aliphatic rings. The van der Waals surface area contributed by atoms with Gasteiger partial charge in [-0.1, -0.05) is 0 Å². The van der Waals surface area contributed by atoms with Crippen LogP contribution in [0.3, 0.4) is 0 Å². The van der Waals surface area contributed by atoms with Crippen LogP contribution in [0.25, 0.3) is 0 Å². The molecule has 0 atom stereocenters. The first kappa shape index (κ1) is 14.3. The van der Waals surface area contributed by atoms with Crippen LogP contribution in [0.5, 0.6) is 0 Å². The molecule has 1 aliphatic carbocycles. The second-order valence-corrected chi connectivity index (χ2v) is 5.65. The van der Waals surface area contributed by atoms with Gasteiger partial charge in [-0.05, 0) is 25.0 Å². The Morgan fingerprint density at radius 1 is 1.32 bits per heavy atom. The number of aliphatic carboxylic acids is 1. The molecule has 1 saturated carbocycles. The predicted molar refractivity (Wildman–Crippen MR) is 76.9 cm³/mol. The number of hydrogen-bond acceptors (Lipinski definition) is 5. The highest BCUT2D eigenvalue weighted by atomic mass is 16.6. The third-order valence-corrected chi connectivity index (χ3v) is 3.92. The number of amides is 1. The van der Waals surface area contributed by atoms with E-state index in [1.807, 2.05) is 0 Å². The Morgan fingerprint density at radius 3 is 2.55 bits per heavy atom. The number of benzene rings is 1. The van der Waals surface area contributed by atoms with Crippen molar-refractivity contribution in [2.45, 2.75) is 18.9 Å². The quantitative estimate of drug-likeness (QED) is 0.620. The molecule has 0 bridgehead atoms. The number of carbonyl (C=O) groups is 2. The van der Waals surface area contributed by atoms with Crippen LogP contribution < -0.4 is 10.2 Å². The molecule has 1 amide bonds. The van der Waals surface area contributed by atoms with E-state index in [0.29, 0.717) is 5.69 Å². The molecular weight excluding hydrogens is 290 g/mol. The molecule has 2 fully saturated rings. The van der Waals surface area contributed by atoms with Crippen LogP contribution >= 0.6 is 0 Å². The summed E-state index contributed by atoms with van der Waals surface area (Å²) in [6.07, 6.45) is 1.88. The van der Waals surface area contributed by atoms with Gasteiger partial charge in [-0.15, -0.1) is 0 Å². The van der Waals surface area contributed by atoms with Gasteiger partial charge in [0.15, 0.2) is 0 Å². The van der Waals surface area contributed by atoms with Gasteiger partial charge >= 0.3 is 5.97 Å². The van der Waals surface area contributed by atoms with E-state index < -0.39 is 16.8 Å². The Kier molecular flexibility index (Phi) is 3.44. The molecule has 2 N–H and O–H groups in total. The number of nitrogens with zero attached hydrogens (tertiary/aromatic N) is 2. The lowest BCUT2D eigenvalue weighted by atomic mass is 9.98. The van der Waals surface area contributed by atoms with E-state index in [1.165, 1.54) is 18.2 Å². The second kappa shape index (κ2) is 5.28. The van der Waals surface area contributed by atoms with E-state index in [4.69, 9.17) is 5.11 Å². The van der Waals surface area contributed by atoms with Crippen molar-refractivity contribution in [3.8, 4) is 0 Å². The maximum absolute atomic E-state index is 12.0. The van der Waals surface area contributed by atoms with Crippen molar-refractivity contribution in [2.24, 2.45) is 5.92 Å². The maximum atomic E-state index is 12.0. The number of carboxylic acids is 1. The van der Waals surface area contributed by atoms with Gasteiger partial charge in [-0.25, -0.2) is 0 Å². The summed E-state index contributed by atoms with van der Waals surface area (Å²) in [5, 5.41) is 22.9. The van der Waals surface area contributed by atoms with Gasteiger partial charge in [0.1, 0.15) is 5.69 Å². The third-order valence-electron chi connectivity index (χ3n) is 3.92. The molecule has 116 valence electrons. The standard InChI is InChI=1S/C14H15N3O5/c18-13(15-10-2-3-10)8-1-4-11(12(5-8)17(21)22)16-6-9(7-16)14(19)20/h1,4-5,9-10H,2-3,6-7H2,(H,15,18)(H,19,20). The lowest BCUT2D eigenvalue weighted by Gasteiger charge is -2.38. The molecule has 3 rings (SSSR count). The summed E-state index contributed by atoms with van der Waals surface area (Å²) in [5.41, 5.74) is 0.426. The maximum Gasteiger partial charge on any atom is 0.310 e. The molecule has 1 aromatic rings. The Balaban J connectivity index is 1.80. The second-order valence-electron chi connectivity index (χ2n) is 5.65. The fraction of sp³-hybridized carbons (Fsp3) is 0.429. The van der Waals surface area contributed by atoms with Crippen molar-refractivity contribution < 1.29 is 19.6 Å². The predicted octanol–water partition coefficient (Wildman–Crippen LogP) is 1.01.